The third-order valence-electron chi connectivity index (χ3n) is 3.09. The van der Waals surface area contributed by atoms with E-state index in [1.165, 1.54) is 0 Å². The SMILES string of the molecule is CCOC(=O)CCCCCNc1ccc(OC)c(C)c1. The van der Waals surface area contributed by atoms with Gasteiger partial charge in [0.25, 0.3) is 0 Å². The van der Waals surface area contributed by atoms with Crippen LogP contribution < -0.4 is 10.1 Å². The number of hydrogen-bond acceptors (Lipinski definition) is 4. The lowest BCUT2D eigenvalue weighted by Gasteiger charge is -2.09. The lowest BCUT2D eigenvalue weighted by atomic mass is 10.1. The van der Waals surface area contributed by atoms with Gasteiger partial charge in [-0.25, -0.2) is 0 Å². The Labute approximate surface area is 121 Å². The van der Waals surface area contributed by atoms with Crippen molar-refractivity contribution in [1.29, 1.82) is 0 Å². The van der Waals surface area contributed by atoms with Gasteiger partial charge in [-0.1, -0.05) is 6.42 Å². The Balaban J connectivity index is 2.15. The first-order valence-corrected chi connectivity index (χ1v) is 7.21. The third kappa shape index (κ3) is 5.95. The van der Waals surface area contributed by atoms with Gasteiger partial charge >= 0.3 is 5.97 Å². The van der Waals surface area contributed by atoms with Gasteiger partial charge in [-0.3, -0.25) is 4.79 Å². The summed E-state index contributed by atoms with van der Waals surface area (Å²) in [7, 11) is 1.68. The number of methoxy groups -OCH3 is 1. The van der Waals surface area contributed by atoms with Crippen molar-refractivity contribution in [2.24, 2.45) is 0 Å². The Bertz CT molecular complexity index is 418. The zero-order valence-electron chi connectivity index (χ0n) is 12.7. The number of anilines is 1. The van der Waals surface area contributed by atoms with E-state index in [9.17, 15) is 4.79 Å². The zero-order valence-corrected chi connectivity index (χ0v) is 12.7. The fraction of sp³-hybridized carbons (Fsp3) is 0.562. The van der Waals surface area contributed by atoms with E-state index in [0.29, 0.717) is 13.0 Å². The molecule has 4 heteroatoms. The number of carbonyl (C=O) groups is 1. The molecule has 0 aromatic heterocycles. The van der Waals surface area contributed by atoms with E-state index in [1.54, 1.807) is 7.11 Å². The lowest BCUT2D eigenvalue weighted by Crippen LogP contribution is -2.05. The molecule has 0 saturated heterocycles. The second-order valence-corrected chi connectivity index (χ2v) is 4.73. The molecule has 1 N–H and O–H groups in total. The average molecular weight is 279 g/mol. The van der Waals surface area contributed by atoms with Crippen LogP contribution in [0, 0.1) is 6.92 Å². The number of unbranched alkanes of at least 4 members (excludes halogenated alkanes) is 2. The Hall–Kier alpha value is -1.71. The molecule has 0 spiro atoms. The Morgan fingerprint density at radius 1 is 1.25 bits per heavy atom. The smallest absolute Gasteiger partial charge is 0.305 e. The van der Waals surface area contributed by atoms with Crippen molar-refractivity contribution in [2.75, 3.05) is 25.6 Å². The average Bonchev–Trinajstić information content (AvgIpc) is 2.43. The molecular formula is C16H25NO3. The molecule has 0 aliphatic rings. The van der Waals surface area contributed by atoms with Crippen LogP contribution in [0.1, 0.15) is 38.2 Å². The first-order valence-electron chi connectivity index (χ1n) is 7.21. The van der Waals surface area contributed by atoms with Crippen LogP contribution in [0.4, 0.5) is 5.69 Å². The van der Waals surface area contributed by atoms with E-state index in [4.69, 9.17) is 9.47 Å². The van der Waals surface area contributed by atoms with E-state index in [1.807, 2.05) is 26.0 Å². The normalized spacial score (nSPS) is 10.2. The van der Waals surface area contributed by atoms with Crippen molar-refractivity contribution in [1.82, 2.24) is 0 Å². The summed E-state index contributed by atoms with van der Waals surface area (Å²) in [5, 5.41) is 3.38. The van der Waals surface area contributed by atoms with Crippen LogP contribution in [0.2, 0.25) is 0 Å². The molecule has 0 aliphatic carbocycles. The maximum absolute atomic E-state index is 11.1. The Morgan fingerprint density at radius 3 is 2.70 bits per heavy atom. The van der Waals surface area contributed by atoms with E-state index in [-0.39, 0.29) is 5.97 Å². The summed E-state index contributed by atoms with van der Waals surface area (Å²) < 4.78 is 10.1. The van der Waals surface area contributed by atoms with Crippen molar-refractivity contribution in [3.63, 3.8) is 0 Å². The summed E-state index contributed by atoms with van der Waals surface area (Å²) in [4.78, 5) is 11.1. The minimum absolute atomic E-state index is 0.0914. The number of rotatable bonds is 9. The summed E-state index contributed by atoms with van der Waals surface area (Å²) in [6, 6.07) is 6.07. The van der Waals surface area contributed by atoms with Gasteiger partial charge in [0, 0.05) is 18.7 Å². The fourth-order valence-corrected chi connectivity index (χ4v) is 2.03. The van der Waals surface area contributed by atoms with Crippen molar-refractivity contribution in [3.05, 3.63) is 23.8 Å². The van der Waals surface area contributed by atoms with E-state index in [2.05, 4.69) is 11.4 Å². The molecule has 0 bridgehead atoms. The molecule has 1 aromatic rings. The van der Waals surface area contributed by atoms with E-state index < -0.39 is 0 Å². The number of esters is 1. The predicted molar refractivity (Wildman–Crippen MR) is 81.3 cm³/mol. The molecule has 0 aliphatic heterocycles. The van der Waals surface area contributed by atoms with Gasteiger partial charge in [0.2, 0.25) is 0 Å². The number of nitrogens with one attached hydrogen (secondary N) is 1. The Kier molecular flexibility index (Phi) is 7.55. The van der Waals surface area contributed by atoms with Crippen LogP contribution in [0.3, 0.4) is 0 Å². The number of aryl methyl sites for hydroxylation is 1. The van der Waals surface area contributed by atoms with Crippen LogP contribution in [0.15, 0.2) is 18.2 Å². The maximum atomic E-state index is 11.1. The van der Waals surface area contributed by atoms with Gasteiger partial charge in [0.05, 0.1) is 13.7 Å². The van der Waals surface area contributed by atoms with Crippen LogP contribution in [-0.2, 0) is 9.53 Å². The molecule has 0 saturated carbocycles. The van der Waals surface area contributed by atoms with Crippen molar-refractivity contribution in [2.45, 2.75) is 39.5 Å². The number of hydrogen-bond donors (Lipinski definition) is 1. The van der Waals surface area contributed by atoms with E-state index in [0.717, 1.165) is 42.8 Å². The molecule has 0 amide bonds. The van der Waals surface area contributed by atoms with Gasteiger partial charge in [-0.05, 0) is 50.5 Å². The first kappa shape index (κ1) is 16.3. The molecular weight excluding hydrogens is 254 g/mol. The second-order valence-electron chi connectivity index (χ2n) is 4.73. The second kappa shape index (κ2) is 9.23. The van der Waals surface area contributed by atoms with Gasteiger partial charge in [0.15, 0.2) is 0 Å². The summed E-state index contributed by atoms with van der Waals surface area (Å²) in [6.45, 7) is 5.24. The minimum Gasteiger partial charge on any atom is -0.496 e. The molecule has 4 nitrogen and oxygen atoms in total. The molecule has 0 atom stereocenters. The van der Waals surface area contributed by atoms with Crippen molar-refractivity contribution in [3.8, 4) is 5.75 Å². The highest BCUT2D eigenvalue weighted by Gasteiger charge is 2.01. The quantitative estimate of drug-likeness (QED) is 0.555. The third-order valence-corrected chi connectivity index (χ3v) is 3.09. The number of ether oxygens (including phenoxy) is 2. The molecule has 0 unspecified atom stereocenters. The fourth-order valence-electron chi connectivity index (χ4n) is 2.03. The van der Waals surface area contributed by atoms with Gasteiger partial charge in [-0.15, -0.1) is 0 Å². The van der Waals surface area contributed by atoms with E-state index >= 15 is 0 Å². The molecule has 1 rings (SSSR count). The van der Waals surface area contributed by atoms with Crippen LogP contribution in [-0.4, -0.2) is 26.2 Å². The summed E-state index contributed by atoms with van der Waals surface area (Å²) in [6.07, 6.45) is 3.49. The van der Waals surface area contributed by atoms with Crippen LogP contribution in [0.25, 0.3) is 0 Å². The minimum atomic E-state index is -0.0914. The zero-order chi connectivity index (χ0) is 14.8. The molecule has 1 aromatic carbocycles. The van der Waals surface area contributed by atoms with Crippen LogP contribution in [0.5, 0.6) is 5.75 Å². The topological polar surface area (TPSA) is 47.6 Å². The molecule has 0 fully saturated rings. The maximum Gasteiger partial charge on any atom is 0.305 e. The Morgan fingerprint density at radius 2 is 2.05 bits per heavy atom. The molecule has 0 radical (unpaired) electrons. The predicted octanol–water partition coefficient (Wildman–Crippen LogP) is 3.54. The van der Waals surface area contributed by atoms with Crippen molar-refractivity contribution < 1.29 is 14.3 Å². The molecule has 112 valence electrons. The highest BCUT2D eigenvalue weighted by molar-refractivity contribution is 5.69. The van der Waals surface area contributed by atoms with Gasteiger partial charge in [-0.2, -0.15) is 0 Å². The highest BCUT2D eigenvalue weighted by Crippen LogP contribution is 2.21. The molecule has 20 heavy (non-hydrogen) atoms. The standard InChI is InChI=1S/C16H25NO3/c1-4-20-16(18)8-6-5-7-11-17-14-9-10-15(19-3)13(2)12-14/h9-10,12,17H,4-8,11H2,1-3H3. The molecule has 0 heterocycles. The largest absolute Gasteiger partial charge is 0.496 e. The number of carbonyl (C=O) groups excluding carboxylic acids is 1. The first-order chi connectivity index (χ1) is 9.67. The monoisotopic (exact) mass is 279 g/mol. The summed E-state index contributed by atoms with van der Waals surface area (Å²) in [5.74, 6) is 0.816. The number of benzene rings is 1. The lowest BCUT2D eigenvalue weighted by molar-refractivity contribution is -0.143. The summed E-state index contributed by atoms with van der Waals surface area (Å²) in [5.41, 5.74) is 2.23. The van der Waals surface area contributed by atoms with Crippen LogP contribution >= 0.6 is 0 Å². The summed E-state index contributed by atoms with van der Waals surface area (Å²) >= 11 is 0. The van der Waals surface area contributed by atoms with Gasteiger partial charge in [0.1, 0.15) is 5.75 Å². The highest BCUT2D eigenvalue weighted by atomic mass is 16.5. The van der Waals surface area contributed by atoms with Gasteiger partial charge < -0.3 is 14.8 Å². The van der Waals surface area contributed by atoms with Crippen molar-refractivity contribution >= 4 is 11.7 Å².